The lowest BCUT2D eigenvalue weighted by molar-refractivity contribution is -0.384. The molecule has 9 heteroatoms. The molecule has 0 bridgehead atoms. The fraction of sp³-hybridized carbons (Fsp3) is 0.278. The molecule has 2 rings (SSSR count). The summed E-state index contributed by atoms with van der Waals surface area (Å²) in [7, 11) is -4.02. The quantitative estimate of drug-likeness (QED) is 0.599. The number of hydrogen-bond donors (Lipinski definition) is 2. The predicted octanol–water partition coefficient (Wildman–Crippen LogP) is 3.23. The molecule has 0 unspecified atom stereocenters. The molecule has 0 fully saturated rings. The van der Waals surface area contributed by atoms with Crippen LogP contribution in [0.25, 0.3) is 0 Å². The number of rotatable bonds is 5. The Morgan fingerprint density at radius 3 is 2.19 bits per heavy atom. The zero-order valence-corrected chi connectivity index (χ0v) is 16.3. The minimum atomic E-state index is -4.02. The SMILES string of the molecule is Cc1ccc(S(=O)(=O)Nc2cc([N+](=O)[O-])ccc2C(=O)NC(C)(C)C)cc1. The van der Waals surface area contributed by atoms with Crippen LogP contribution in [0.4, 0.5) is 11.4 Å². The number of hydrogen-bond acceptors (Lipinski definition) is 5. The van der Waals surface area contributed by atoms with Crippen molar-refractivity contribution in [2.75, 3.05) is 4.72 Å². The third-order valence-corrected chi connectivity index (χ3v) is 4.90. The van der Waals surface area contributed by atoms with Crippen LogP contribution < -0.4 is 10.0 Å². The molecule has 0 aliphatic heterocycles. The summed E-state index contributed by atoms with van der Waals surface area (Å²) in [5.41, 5.74) is -0.178. The highest BCUT2D eigenvalue weighted by atomic mass is 32.2. The predicted molar refractivity (Wildman–Crippen MR) is 102 cm³/mol. The summed E-state index contributed by atoms with van der Waals surface area (Å²) in [6.07, 6.45) is 0. The van der Waals surface area contributed by atoms with Gasteiger partial charge >= 0.3 is 0 Å². The van der Waals surface area contributed by atoms with Crippen LogP contribution in [-0.2, 0) is 10.0 Å². The lowest BCUT2D eigenvalue weighted by atomic mass is 10.1. The topological polar surface area (TPSA) is 118 Å². The van der Waals surface area contributed by atoms with Crippen LogP contribution in [0.5, 0.6) is 0 Å². The van der Waals surface area contributed by atoms with E-state index < -0.39 is 26.4 Å². The highest BCUT2D eigenvalue weighted by molar-refractivity contribution is 7.92. The number of benzene rings is 2. The number of amides is 1. The number of anilines is 1. The molecule has 0 heterocycles. The summed E-state index contributed by atoms with van der Waals surface area (Å²) in [6, 6.07) is 9.52. The van der Waals surface area contributed by atoms with Crippen LogP contribution in [0, 0.1) is 17.0 Å². The number of nitro benzene ring substituents is 1. The average Bonchev–Trinajstić information content (AvgIpc) is 2.53. The molecule has 2 aromatic carbocycles. The summed E-state index contributed by atoms with van der Waals surface area (Å²) in [4.78, 5) is 22.9. The van der Waals surface area contributed by atoms with Gasteiger partial charge in [0.05, 0.1) is 21.1 Å². The maximum atomic E-state index is 12.6. The second-order valence-electron chi connectivity index (χ2n) is 7.11. The lowest BCUT2D eigenvalue weighted by Crippen LogP contribution is -2.40. The minimum Gasteiger partial charge on any atom is -0.347 e. The van der Waals surface area contributed by atoms with Crippen LogP contribution in [0.2, 0.25) is 0 Å². The van der Waals surface area contributed by atoms with Gasteiger partial charge in [0.25, 0.3) is 21.6 Å². The van der Waals surface area contributed by atoms with E-state index in [9.17, 15) is 23.3 Å². The number of nitro groups is 1. The lowest BCUT2D eigenvalue weighted by Gasteiger charge is -2.21. The van der Waals surface area contributed by atoms with Crippen LogP contribution in [-0.4, -0.2) is 24.8 Å². The Morgan fingerprint density at radius 2 is 1.67 bits per heavy atom. The number of carbonyl (C=O) groups is 1. The summed E-state index contributed by atoms with van der Waals surface area (Å²) in [5, 5.41) is 13.8. The number of nitrogens with zero attached hydrogens (tertiary/aromatic N) is 1. The first kappa shape index (κ1) is 20.4. The molecule has 0 saturated carbocycles. The van der Waals surface area contributed by atoms with Crippen molar-refractivity contribution in [3.05, 3.63) is 63.7 Å². The first-order valence-electron chi connectivity index (χ1n) is 8.09. The average molecular weight is 391 g/mol. The molecule has 27 heavy (non-hydrogen) atoms. The Bertz CT molecular complexity index is 977. The van der Waals surface area contributed by atoms with Gasteiger partial charge in [-0.1, -0.05) is 17.7 Å². The normalized spacial score (nSPS) is 11.7. The van der Waals surface area contributed by atoms with E-state index in [1.54, 1.807) is 32.9 Å². The molecule has 0 aliphatic rings. The molecule has 144 valence electrons. The number of carbonyl (C=O) groups excluding carboxylic acids is 1. The summed E-state index contributed by atoms with van der Waals surface area (Å²) in [6.45, 7) is 7.13. The second kappa shape index (κ2) is 7.36. The van der Waals surface area contributed by atoms with Gasteiger partial charge in [0.2, 0.25) is 0 Å². The molecule has 0 radical (unpaired) electrons. The van der Waals surface area contributed by atoms with Crippen molar-refractivity contribution in [1.29, 1.82) is 0 Å². The Morgan fingerprint density at radius 1 is 1.07 bits per heavy atom. The second-order valence-corrected chi connectivity index (χ2v) is 8.79. The van der Waals surface area contributed by atoms with E-state index in [0.717, 1.165) is 17.7 Å². The molecule has 8 nitrogen and oxygen atoms in total. The van der Waals surface area contributed by atoms with Crippen molar-refractivity contribution in [2.45, 2.75) is 38.1 Å². The summed E-state index contributed by atoms with van der Waals surface area (Å²) < 4.78 is 27.6. The van der Waals surface area contributed by atoms with Crippen molar-refractivity contribution in [1.82, 2.24) is 5.32 Å². The van der Waals surface area contributed by atoms with Crippen molar-refractivity contribution >= 4 is 27.3 Å². The fourth-order valence-corrected chi connectivity index (χ4v) is 3.33. The van der Waals surface area contributed by atoms with Crippen LogP contribution in [0.3, 0.4) is 0 Å². The van der Waals surface area contributed by atoms with Gasteiger partial charge in [-0.3, -0.25) is 19.6 Å². The Hall–Kier alpha value is -2.94. The Kier molecular flexibility index (Phi) is 5.55. The van der Waals surface area contributed by atoms with E-state index in [4.69, 9.17) is 0 Å². The molecular formula is C18H21N3O5S. The van der Waals surface area contributed by atoms with Gasteiger partial charge in [0.1, 0.15) is 0 Å². The molecule has 0 spiro atoms. The maximum Gasteiger partial charge on any atom is 0.271 e. The van der Waals surface area contributed by atoms with Gasteiger partial charge in [-0.05, 0) is 45.9 Å². The van der Waals surface area contributed by atoms with E-state index in [-0.39, 0.29) is 21.8 Å². The third-order valence-electron chi connectivity index (χ3n) is 3.52. The molecule has 0 aromatic heterocycles. The highest BCUT2D eigenvalue weighted by Gasteiger charge is 2.23. The minimum absolute atomic E-state index is 0.00814. The number of aryl methyl sites for hydroxylation is 1. The number of nitrogens with one attached hydrogen (secondary N) is 2. The Balaban J connectivity index is 2.49. The fourth-order valence-electron chi connectivity index (χ4n) is 2.26. The summed E-state index contributed by atoms with van der Waals surface area (Å²) >= 11 is 0. The van der Waals surface area contributed by atoms with E-state index >= 15 is 0 Å². The van der Waals surface area contributed by atoms with Gasteiger partial charge in [0, 0.05) is 17.7 Å². The Labute approximate surface area is 157 Å². The third kappa shape index (κ3) is 5.27. The van der Waals surface area contributed by atoms with Crippen molar-refractivity contribution in [3.63, 3.8) is 0 Å². The first-order chi connectivity index (χ1) is 12.4. The zero-order valence-electron chi connectivity index (χ0n) is 15.4. The molecule has 0 atom stereocenters. The van der Waals surface area contributed by atoms with E-state index in [1.807, 2.05) is 6.92 Å². The van der Waals surface area contributed by atoms with E-state index in [2.05, 4.69) is 10.0 Å². The van der Waals surface area contributed by atoms with Crippen molar-refractivity contribution in [2.24, 2.45) is 0 Å². The molecule has 0 saturated heterocycles. The van der Waals surface area contributed by atoms with Gasteiger partial charge < -0.3 is 5.32 Å². The van der Waals surface area contributed by atoms with Crippen LogP contribution >= 0.6 is 0 Å². The molecule has 2 N–H and O–H groups in total. The largest absolute Gasteiger partial charge is 0.347 e. The van der Waals surface area contributed by atoms with E-state index in [1.165, 1.54) is 18.2 Å². The maximum absolute atomic E-state index is 12.6. The highest BCUT2D eigenvalue weighted by Crippen LogP contribution is 2.26. The standard InChI is InChI=1S/C18H21N3O5S/c1-12-5-8-14(9-6-12)27(25,26)20-16-11-13(21(23)24)7-10-15(16)17(22)19-18(2,3)4/h5-11,20H,1-4H3,(H,19,22). The molecule has 2 aromatic rings. The summed E-state index contributed by atoms with van der Waals surface area (Å²) in [5.74, 6) is -0.543. The van der Waals surface area contributed by atoms with Gasteiger partial charge in [0.15, 0.2) is 0 Å². The van der Waals surface area contributed by atoms with Crippen molar-refractivity contribution < 1.29 is 18.1 Å². The first-order valence-corrected chi connectivity index (χ1v) is 9.58. The molecule has 1 amide bonds. The number of sulfonamides is 1. The zero-order chi connectivity index (χ0) is 20.4. The van der Waals surface area contributed by atoms with Gasteiger partial charge in [-0.25, -0.2) is 8.42 Å². The smallest absolute Gasteiger partial charge is 0.271 e. The van der Waals surface area contributed by atoms with E-state index in [0.29, 0.717) is 0 Å². The molecule has 0 aliphatic carbocycles. The van der Waals surface area contributed by atoms with Gasteiger partial charge in [-0.15, -0.1) is 0 Å². The molecular weight excluding hydrogens is 370 g/mol. The van der Waals surface area contributed by atoms with Crippen molar-refractivity contribution in [3.8, 4) is 0 Å². The van der Waals surface area contributed by atoms with Gasteiger partial charge in [-0.2, -0.15) is 0 Å². The number of non-ortho nitro benzene ring substituents is 1. The monoisotopic (exact) mass is 391 g/mol. The van der Waals surface area contributed by atoms with Crippen LogP contribution in [0.1, 0.15) is 36.7 Å². The van der Waals surface area contributed by atoms with Crippen LogP contribution in [0.15, 0.2) is 47.4 Å².